The Morgan fingerprint density at radius 1 is 1.05 bits per heavy atom. The summed E-state index contributed by atoms with van der Waals surface area (Å²) in [6, 6.07) is 13.8. The van der Waals surface area contributed by atoms with Crippen LogP contribution in [0, 0.1) is 25.2 Å². The number of likely N-dealkylation sites (N-methyl/N-ethyl adjacent to an activating group) is 1. The molecule has 0 saturated heterocycles. The van der Waals surface area contributed by atoms with Gasteiger partial charge in [0.25, 0.3) is 0 Å². The van der Waals surface area contributed by atoms with Gasteiger partial charge in [-0.3, -0.25) is 9.59 Å². The summed E-state index contributed by atoms with van der Waals surface area (Å²) in [7, 11) is 1.82. The SMILES string of the molecule is Cc1ccc2c(c1)CC(N(C)C(=O)CN(CC(=O)NCCN(C(=O)OC(C)(C)C)C(C)C)c1cc(C#N)ccc1C)C2. The first-order valence-corrected chi connectivity index (χ1v) is 14.5. The van der Waals surface area contributed by atoms with Crippen LogP contribution in [-0.2, 0) is 27.2 Å². The molecule has 0 aromatic heterocycles. The monoisotopic (exact) mass is 575 g/mol. The van der Waals surface area contributed by atoms with E-state index in [1.165, 1.54) is 16.7 Å². The summed E-state index contributed by atoms with van der Waals surface area (Å²) in [6.45, 7) is 13.6. The normalized spacial score (nSPS) is 14.1. The zero-order chi connectivity index (χ0) is 31.2. The van der Waals surface area contributed by atoms with Crippen molar-refractivity contribution in [3.63, 3.8) is 0 Å². The molecular weight excluding hydrogens is 530 g/mol. The number of carbonyl (C=O) groups excluding carboxylic acids is 3. The van der Waals surface area contributed by atoms with Gasteiger partial charge in [0, 0.05) is 37.9 Å². The third kappa shape index (κ3) is 8.72. The summed E-state index contributed by atoms with van der Waals surface area (Å²) in [5.74, 6) is -0.390. The van der Waals surface area contributed by atoms with Crippen molar-refractivity contribution in [1.29, 1.82) is 5.26 Å². The number of rotatable bonds is 10. The molecule has 0 bridgehead atoms. The Morgan fingerprint density at radius 3 is 2.38 bits per heavy atom. The molecule has 3 amide bonds. The quantitative estimate of drug-likeness (QED) is 0.451. The first-order chi connectivity index (χ1) is 19.7. The van der Waals surface area contributed by atoms with E-state index in [0.717, 1.165) is 18.4 Å². The number of fused-ring (bicyclic) bond motifs is 1. The number of hydrogen-bond acceptors (Lipinski definition) is 6. The Morgan fingerprint density at radius 2 is 1.74 bits per heavy atom. The fourth-order valence-electron chi connectivity index (χ4n) is 5.15. The van der Waals surface area contributed by atoms with E-state index in [-0.39, 0.29) is 50.1 Å². The van der Waals surface area contributed by atoms with E-state index >= 15 is 0 Å². The molecule has 2 aromatic rings. The van der Waals surface area contributed by atoms with Crippen molar-refractivity contribution in [2.75, 3.05) is 38.1 Å². The topological polar surface area (TPSA) is 106 Å². The molecular formula is C33H45N5O4. The lowest BCUT2D eigenvalue weighted by atomic mass is 10.1. The highest BCUT2D eigenvalue weighted by Gasteiger charge is 2.29. The highest BCUT2D eigenvalue weighted by molar-refractivity contribution is 5.87. The molecule has 1 aliphatic carbocycles. The van der Waals surface area contributed by atoms with E-state index in [1.807, 2.05) is 54.7 Å². The van der Waals surface area contributed by atoms with Gasteiger partial charge in [-0.1, -0.05) is 29.8 Å². The van der Waals surface area contributed by atoms with E-state index in [9.17, 15) is 19.6 Å². The molecule has 0 heterocycles. The van der Waals surface area contributed by atoms with Gasteiger partial charge < -0.3 is 24.8 Å². The van der Waals surface area contributed by atoms with Gasteiger partial charge in [-0.2, -0.15) is 5.26 Å². The van der Waals surface area contributed by atoms with Crippen molar-refractivity contribution in [1.82, 2.24) is 15.1 Å². The van der Waals surface area contributed by atoms with Gasteiger partial charge in [-0.05, 0) is 90.1 Å². The van der Waals surface area contributed by atoms with Gasteiger partial charge in [0.2, 0.25) is 11.8 Å². The highest BCUT2D eigenvalue weighted by atomic mass is 16.6. The van der Waals surface area contributed by atoms with Gasteiger partial charge in [-0.25, -0.2) is 4.79 Å². The standard InChI is InChI=1S/C33H45N5O4/c1-22(2)38(32(41)42-33(5,6)7)14-13-35-30(39)20-37(29-16-25(19-34)11-10-24(29)4)21-31(40)36(8)28-17-26-12-9-23(3)15-27(26)18-28/h9-12,15-16,22,28H,13-14,17-18,20-21H2,1-8H3,(H,35,39). The van der Waals surface area contributed by atoms with Crippen LogP contribution in [-0.4, -0.2) is 78.6 Å². The number of nitrogens with one attached hydrogen (secondary N) is 1. The third-order valence-electron chi connectivity index (χ3n) is 7.48. The minimum Gasteiger partial charge on any atom is -0.444 e. The van der Waals surface area contributed by atoms with Gasteiger partial charge in [0.05, 0.1) is 24.7 Å². The van der Waals surface area contributed by atoms with Crippen LogP contribution in [0.25, 0.3) is 0 Å². The van der Waals surface area contributed by atoms with Gasteiger partial charge >= 0.3 is 6.09 Å². The number of hydrogen-bond donors (Lipinski definition) is 1. The Hall–Kier alpha value is -4.06. The summed E-state index contributed by atoms with van der Waals surface area (Å²) in [5, 5.41) is 12.4. The van der Waals surface area contributed by atoms with Crippen molar-refractivity contribution in [2.24, 2.45) is 0 Å². The lowest BCUT2D eigenvalue weighted by Crippen LogP contribution is -2.48. The number of ether oxygens (including phenoxy) is 1. The lowest BCUT2D eigenvalue weighted by molar-refractivity contribution is -0.130. The molecule has 1 unspecified atom stereocenters. The van der Waals surface area contributed by atoms with Crippen molar-refractivity contribution in [3.05, 3.63) is 64.2 Å². The Labute approximate surface area is 250 Å². The Bertz CT molecular complexity index is 1340. The number of aryl methyl sites for hydroxylation is 2. The van der Waals surface area contributed by atoms with Crippen LogP contribution in [0.1, 0.15) is 62.4 Å². The smallest absolute Gasteiger partial charge is 0.410 e. The zero-order valence-electron chi connectivity index (χ0n) is 26.3. The van der Waals surface area contributed by atoms with Crippen LogP contribution >= 0.6 is 0 Å². The number of anilines is 1. The molecule has 0 spiro atoms. The number of amides is 3. The third-order valence-corrected chi connectivity index (χ3v) is 7.48. The van der Waals surface area contributed by atoms with Crippen molar-refractivity contribution < 1.29 is 19.1 Å². The fraction of sp³-hybridized carbons (Fsp3) is 0.515. The van der Waals surface area contributed by atoms with Gasteiger partial charge in [0.1, 0.15) is 5.60 Å². The second kappa shape index (κ2) is 13.7. The number of nitrogens with zero attached hydrogens (tertiary/aromatic N) is 4. The van der Waals surface area contributed by atoms with E-state index in [0.29, 0.717) is 11.3 Å². The summed E-state index contributed by atoms with van der Waals surface area (Å²) < 4.78 is 5.51. The van der Waals surface area contributed by atoms with Crippen LogP contribution in [0.2, 0.25) is 0 Å². The second-order valence-electron chi connectivity index (χ2n) is 12.4. The molecule has 0 saturated carbocycles. The largest absolute Gasteiger partial charge is 0.444 e. The molecule has 3 rings (SSSR count). The lowest BCUT2D eigenvalue weighted by Gasteiger charge is -2.31. The summed E-state index contributed by atoms with van der Waals surface area (Å²) in [4.78, 5) is 44.4. The van der Waals surface area contributed by atoms with Crippen LogP contribution in [0.4, 0.5) is 10.5 Å². The maximum absolute atomic E-state index is 13.6. The maximum atomic E-state index is 13.6. The van der Waals surface area contributed by atoms with Crippen LogP contribution in [0.3, 0.4) is 0 Å². The Balaban J connectivity index is 1.70. The number of nitriles is 1. The van der Waals surface area contributed by atoms with E-state index < -0.39 is 11.7 Å². The number of carbonyl (C=O) groups is 3. The molecule has 0 radical (unpaired) electrons. The fourth-order valence-corrected chi connectivity index (χ4v) is 5.15. The summed E-state index contributed by atoms with van der Waals surface area (Å²) >= 11 is 0. The van der Waals surface area contributed by atoms with Gasteiger partial charge in [-0.15, -0.1) is 0 Å². The number of benzene rings is 2. The minimum absolute atomic E-state index is 0.0124. The average Bonchev–Trinajstić information content (AvgIpc) is 3.32. The molecule has 1 N–H and O–H groups in total. The van der Waals surface area contributed by atoms with E-state index in [4.69, 9.17) is 4.74 Å². The molecule has 0 aliphatic heterocycles. The first kappa shape index (κ1) is 32.5. The molecule has 2 aromatic carbocycles. The molecule has 0 fully saturated rings. The average molecular weight is 576 g/mol. The molecule has 1 atom stereocenters. The summed E-state index contributed by atoms with van der Waals surface area (Å²) in [5.41, 5.74) is 5.09. The van der Waals surface area contributed by atoms with Crippen LogP contribution < -0.4 is 10.2 Å². The summed E-state index contributed by atoms with van der Waals surface area (Å²) in [6.07, 6.45) is 1.16. The molecule has 226 valence electrons. The van der Waals surface area contributed by atoms with Gasteiger partial charge in [0.15, 0.2) is 0 Å². The Kier molecular flexibility index (Phi) is 10.6. The minimum atomic E-state index is -0.621. The second-order valence-corrected chi connectivity index (χ2v) is 12.4. The van der Waals surface area contributed by atoms with Crippen LogP contribution in [0.5, 0.6) is 0 Å². The predicted molar refractivity (Wildman–Crippen MR) is 164 cm³/mol. The van der Waals surface area contributed by atoms with Crippen molar-refractivity contribution in [3.8, 4) is 6.07 Å². The van der Waals surface area contributed by atoms with Crippen molar-refractivity contribution in [2.45, 2.75) is 79.0 Å². The zero-order valence-corrected chi connectivity index (χ0v) is 26.3. The first-order valence-electron chi connectivity index (χ1n) is 14.5. The predicted octanol–water partition coefficient (Wildman–Crippen LogP) is 4.37. The van der Waals surface area contributed by atoms with E-state index in [2.05, 4.69) is 36.5 Å². The molecule has 1 aliphatic rings. The molecule has 9 nitrogen and oxygen atoms in total. The van der Waals surface area contributed by atoms with E-state index in [1.54, 1.807) is 26.8 Å². The van der Waals surface area contributed by atoms with Crippen molar-refractivity contribution >= 4 is 23.6 Å². The highest BCUT2D eigenvalue weighted by Crippen LogP contribution is 2.27. The maximum Gasteiger partial charge on any atom is 0.410 e. The van der Waals surface area contributed by atoms with Crippen LogP contribution in [0.15, 0.2) is 36.4 Å². The molecule has 9 heteroatoms. The molecule has 42 heavy (non-hydrogen) atoms.